The maximum absolute atomic E-state index is 11.6. The third-order valence-corrected chi connectivity index (χ3v) is 3.26. The van der Waals surface area contributed by atoms with Crippen molar-refractivity contribution in [3.8, 4) is 5.75 Å². The summed E-state index contributed by atoms with van der Waals surface area (Å²) in [5.41, 5.74) is 5.87. The molecule has 0 radical (unpaired) electrons. The molecule has 0 bridgehead atoms. The first-order chi connectivity index (χ1) is 10.1. The number of hydrogen-bond donors (Lipinski definition) is 2. The number of carboxylic acid groups (broad SMARTS) is 1. The molecule has 0 spiro atoms. The molecule has 0 aliphatic heterocycles. The van der Waals surface area contributed by atoms with Gasteiger partial charge in [0.15, 0.2) is 5.54 Å². The first-order valence-electron chi connectivity index (χ1n) is 6.47. The van der Waals surface area contributed by atoms with Crippen LogP contribution >= 0.6 is 0 Å². The summed E-state index contributed by atoms with van der Waals surface area (Å²) in [4.78, 5) is 11.6. The molecule has 0 heterocycles. The van der Waals surface area contributed by atoms with E-state index in [1.165, 1.54) is 6.08 Å². The number of hydrogen-bond acceptors (Lipinski definition) is 3. The van der Waals surface area contributed by atoms with Gasteiger partial charge in [-0.1, -0.05) is 48.5 Å². The first-order valence-corrected chi connectivity index (χ1v) is 6.47. The molecule has 1 atom stereocenters. The van der Waals surface area contributed by atoms with Crippen LogP contribution in [0, 0.1) is 0 Å². The van der Waals surface area contributed by atoms with Gasteiger partial charge in [-0.2, -0.15) is 0 Å². The standard InChI is InChI=1S/C17H17NO3/c1-21-15-9-7-14(8-10-15)17(18,16(19)20)12-11-13-5-3-2-4-6-13/h2-12H,18H2,1H3,(H,19,20). The lowest BCUT2D eigenvalue weighted by atomic mass is 9.90. The van der Waals surface area contributed by atoms with E-state index in [-0.39, 0.29) is 0 Å². The molecular formula is C17H17NO3. The largest absolute Gasteiger partial charge is 0.497 e. The highest BCUT2D eigenvalue weighted by Crippen LogP contribution is 2.24. The third-order valence-electron chi connectivity index (χ3n) is 3.26. The van der Waals surface area contributed by atoms with Gasteiger partial charge in [0.2, 0.25) is 0 Å². The SMILES string of the molecule is COc1ccc(C(N)(C=Cc2ccccc2)C(=O)O)cc1. The van der Waals surface area contributed by atoms with Crippen LogP contribution in [0.4, 0.5) is 0 Å². The molecule has 2 aromatic rings. The Bertz CT molecular complexity index is 635. The smallest absolute Gasteiger partial charge is 0.332 e. The molecule has 0 saturated heterocycles. The molecule has 0 amide bonds. The molecule has 0 fully saturated rings. The van der Waals surface area contributed by atoms with Crippen molar-refractivity contribution >= 4 is 12.0 Å². The van der Waals surface area contributed by atoms with Gasteiger partial charge >= 0.3 is 5.97 Å². The molecule has 1 unspecified atom stereocenters. The Labute approximate surface area is 123 Å². The van der Waals surface area contributed by atoms with Crippen molar-refractivity contribution in [3.63, 3.8) is 0 Å². The van der Waals surface area contributed by atoms with Crippen molar-refractivity contribution in [2.24, 2.45) is 5.73 Å². The van der Waals surface area contributed by atoms with Gasteiger partial charge in [-0.05, 0) is 29.3 Å². The summed E-state index contributed by atoms with van der Waals surface area (Å²) in [6.07, 6.45) is 3.20. The van der Waals surface area contributed by atoms with Crippen LogP contribution in [-0.4, -0.2) is 18.2 Å². The van der Waals surface area contributed by atoms with Gasteiger partial charge in [0.05, 0.1) is 7.11 Å². The van der Waals surface area contributed by atoms with Gasteiger partial charge in [-0.25, -0.2) is 4.79 Å². The number of ether oxygens (including phenoxy) is 1. The minimum atomic E-state index is -1.58. The minimum absolute atomic E-state index is 0.489. The van der Waals surface area contributed by atoms with Crippen LogP contribution in [0.15, 0.2) is 60.7 Å². The molecule has 0 aliphatic rings. The zero-order valence-electron chi connectivity index (χ0n) is 11.7. The van der Waals surface area contributed by atoms with E-state index in [9.17, 15) is 9.90 Å². The lowest BCUT2D eigenvalue weighted by Gasteiger charge is -2.21. The predicted molar refractivity (Wildman–Crippen MR) is 82.0 cm³/mol. The van der Waals surface area contributed by atoms with Crippen LogP contribution in [0.3, 0.4) is 0 Å². The number of nitrogens with two attached hydrogens (primary N) is 1. The third kappa shape index (κ3) is 3.30. The quantitative estimate of drug-likeness (QED) is 0.884. The zero-order chi connectivity index (χ0) is 15.3. The second-order valence-electron chi connectivity index (χ2n) is 4.65. The normalized spacial score (nSPS) is 13.8. The molecule has 21 heavy (non-hydrogen) atoms. The van der Waals surface area contributed by atoms with Crippen molar-refractivity contribution in [3.05, 3.63) is 71.8 Å². The van der Waals surface area contributed by atoms with Gasteiger partial charge in [0.1, 0.15) is 5.75 Å². The number of aliphatic carboxylic acids is 1. The highest BCUT2D eigenvalue weighted by atomic mass is 16.5. The van der Waals surface area contributed by atoms with Crippen LogP contribution in [-0.2, 0) is 10.3 Å². The van der Waals surface area contributed by atoms with Gasteiger partial charge in [-0.3, -0.25) is 0 Å². The van der Waals surface area contributed by atoms with Crippen molar-refractivity contribution in [1.29, 1.82) is 0 Å². The van der Waals surface area contributed by atoms with E-state index in [0.717, 1.165) is 5.56 Å². The fourth-order valence-electron chi connectivity index (χ4n) is 1.95. The summed E-state index contributed by atoms with van der Waals surface area (Å²) >= 11 is 0. The summed E-state index contributed by atoms with van der Waals surface area (Å²) in [6.45, 7) is 0. The molecular weight excluding hydrogens is 266 g/mol. The summed E-state index contributed by atoms with van der Waals surface area (Å²) < 4.78 is 5.07. The Morgan fingerprint density at radius 3 is 2.29 bits per heavy atom. The zero-order valence-corrected chi connectivity index (χ0v) is 11.7. The number of benzene rings is 2. The van der Waals surface area contributed by atoms with Crippen LogP contribution in [0.2, 0.25) is 0 Å². The van der Waals surface area contributed by atoms with E-state index >= 15 is 0 Å². The predicted octanol–water partition coefficient (Wildman–Crippen LogP) is 2.65. The number of rotatable bonds is 5. The van der Waals surface area contributed by atoms with Gasteiger partial charge in [0.25, 0.3) is 0 Å². The molecule has 4 heteroatoms. The molecule has 2 aromatic carbocycles. The molecule has 0 saturated carbocycles. The van der Waals surface area contributed by atoms with E-state index in [0.29, 0.717) is 11.3 Å². The van der Waals surface area contributed by atoms with Crippen molar-refractivity contribution in [2.45, 2.75) is 5.54 Å². The fourth-order valence-corrected chi connectivity index (χ4v) is 1.95. The average molecular weight is 283 g/mol. The highest BCUT2D eigenvalue weighted by Gasteiger charge is 2.33. The summed E-state index contributed by atoms with van der Waals surface area (Å²) in [5, 5.41) is 9.48. The summed E-state index contributed by atoms with van der Waals surface area (Å²) in [7, 11) is 1.55. The molecule has 108 valence electrons. The number of carboxylic acids is 1. The van der Waals surface area contributed by atoms with E-state index in [1.807, 2.05) is 30.3 Å². The average Bonchev–Trinajstić information content (AvgIpc) is 2.53. The Morgan fingerprint density at radius 1 is 1.14 bits per heavy atom. The van der Waals surface area contributed by atoms with Crippen molar-refractivity contribution in [1.82, 2.24) is 0 Å². The second kappa shape index (κ2) is 6.24. The fraction of sp³-hybridized carbons (Fsp3) is 0.118. The Morgan fingerprint density at radius 2 is 1.76 bits per heavy atom. The minimum Gasteiger partial charge on any atom is -0.497 e. The van der Waals surface area contributed by atoms with Crippen molar-refractivity contribution < 1.29 is 14.6 Å². The molecule has 4 nitrogen and oxygen atoms in total. The molecule has 2 rings (SSSR count). The first kappa shape index (κ1) is 14.8. The molecule has 3 N–H and O–H groups in total. The molecule has 0 aromatic heterocycles. The van der Waals surface area contributed by atoms with Crippen LogP contribution < -0.4 is 10.5 Å². The Hall–Kier alpha value is -2.59. The Kier molecular flexibility index (Phi) is 4.40. The Balaban J connectivity index is 2.35. The van der Waals surface area contributed by atoms with Gasteiger partial charge < -0.3 is 15.6 Å². The maximum Gasteiger partial charge on any atom is 0.332 e. The number of methoxy groups -OCH3 is 1. The topological polar surface area (TPSA) is 72.5 Å². The van der Waals surface area contributed by atoms with E-state index in [1.54, 1.807) is 37.5 Å². The number of carbonyl (C=O) groups is 1. The highest BCUT2D eigenvalue weighted by molar-refractivity contribution is 5.84. The van der Waals surface area contributed by atoms with E-state index < -0.39 is 11.5 Å². The summed E-state index contributed by atoms with van der Waals surface area (Å²) in [6, 6.07) is 16.1. The van der Waals surface area contributed by atoms with Crippen LogP contribution in [0.1, 0.15) is 11.1 Å². The molecule has 0 aliphatic carbocycles. The van der Waals surface area contributed by atoms with E-state index in [4.69, 9.17) is 10.5 Å². The van der Waals surface area contributed by atoms with E-state index in [2.05, 4.69) is 0 Å². The maximum atomic E-state index is 11.6. The van der Waals surface area contributed by atoms with Gasteiger partial charge in [0, 0.05) is 0 Å². The van der Waals surface area contributed by atoms with Crippen molar-refractivity contribution in [2.75, 3.05) is 7.11 Å². The summed E-state index contributed by atoms with van der Waals surface area (Å²) in [5.74, 6) is -0.460. The lowest BCUT2D eigenvalue weighted by molar-refractivity contribution is -0.141. The van der Waals surface area contributed by atoms with Crippen LogP contribution in [0.5, 0.6) is 5.75 Å². The van der Waals surface area contributed by atoms with Gasteiger partial charge in [-0.15, -0.1) is 0 Å². The van der Waals surface area contributed by atoms with Crippen LogP contribution in [0.25, 0.3) is 6.08 Å². The second-order valence-corrected chi connectivity index (χ2v) is 4.65. The monoisotopic (exact) mass is 283 g/mol. The lowest BCUT2D eigenvalue weighted by Crippen LogP contribution is -2.42.